The van der Waals surface area contributed by atoms with Crippen molar-refractivity contribution in [3.05, 3.63) is 48.5 Å². The predicted molar refractivity (Wildman–Crippen MR) is 94.6 cm³/mol. The average molecular weight is 368 g/mol. The van der Waals surface area contributed by atoms with E-state index in [0.29, 0.717) is 0 Å². The summed E-state index contributed by atoms with van der Waals surface area (Å²) in [6.07, 6.45) is 2.71. The fraction of sp³-hybridized carbons (Fsp3) is 0.250. The number of rotatable bonds is 2. The molecule has 0 spiro atoms. The molecule has 1 aromatic heterocycles. The van der Waals surface area contributed by atoms with Crippen molar-refractivity contribution >= 4 is 44.4 Å². The van der Waals surface area contributed by atoms with E-state index in [-0.39, 0.29) is 6.15 Å². The Morgan fingerprint density at radius 3 is 1.74 bits per heavy atom. The van der Waals surface area contributed by atoms with E-state index in [0.717, 1.165) is 0 Å². The lowest BCUT2D eigenvalue weighted by Gasteiger charge is -1.87. The first-order valence-electron chi connectivity index (χ1n) is 6.38. The SMILES string of the molecule is CCCCI.N.c1ccc2c(c1)[nH]c1ccccc12. The molecule has 102 valence electrons. The van der Waals surface area contributed by atoms with E-state index >= 15 is 0 Å². The normalized spacial score (nSPS) is 9.79. The molecule has 2 nitrogen and oxygen atoms in total. The van der Waals surface area contributed by atoms with Gasteiger partial charge in [-0.1, -0.05) is 72.3 Å². The maximum atomic E-state index is 3.38. The maximum Gasteiger partial charge on any atom is 0.0464 e. The van der Waals surface area contributed by atoms with Crippen LogP contribution in [-0.4, -0.2) is 9.41 Å². The summed E-state index contributed by atoms with van der Waals surface area (Å²) in [4.78, 5) is 3.38. The molecule has 0 aliphatic heterocycles. The molecule has 1 heterocycles. The molecule has 3 heteroatoms. The highest BCUT2D eigenvalue weighted by atomic mass is 127. The third-order valence-electron chi connectivity index (χ3n) is 2.90. The smallest absolute Gasteiger partial charge is 0.0464 e. The molecule has 0 aliphatic rings. The number of benzene rings is 2. The van der Waals surface area contributed by atoms with Crippen LogP contribution >= 0.6 is 22.6 Å². The van der Waals surface area contributed by atoms with Crippen LogP contribution in [0.3, 0.4) is 0 Å². The lowest BCUT2D eigenvalue weighted by Crippen LogP contribution is -1.64. The summed E-state index contributed by atoms with van der Waals surface area (Å²) >= 11 is 2.39. The Balaban J connectivity index is 0.000000265. The lowest BCUT2D eigenvalue weighted by atomic mass is 10.2. The van der Waals surface area contributed by atoms with Crippen LogP contribution in [0.4, 0.5) is 0 Å². The van der Waals surface area contributed by atoms with Gasteiger partial charge >= 0.3 is 0 Å². The number of nitrogens with one attached hydrogen (secondary N) is 1. The Hall–Kier alpha value is -1.07. The number of H-pyrrole nitrogens is 1. The number of aromatic nitrogens is 1. The minimum absolute atomic E-state index is 0. The molecule has 4 N–H and O–H groups in total. The van der Waals surface area contributed by atoms with Gasteiger partial charge in [0.15, 0.2) is 0 Å². The fourth-order valence-electron chi connectivity index (χ4n) is 1.93. The zero-order chi connectivity index (χ0) is 12.8. The topological polar surface area (TPSA) is 50.8 Å². The summed E-state index contributed by atoms with van der Waals surface area (Å²) in [7, 11) is 0. The Labute approximate surface area is 128 Å². The van der Waals surface area contributed by atoms with Gasteiger partial charge in [0.25, 0.3) is 0 Å². The molecule has 0 saturated carbocycles. The fourth-order valence-corrected chi connectivity index (χ4v) is 2.70. The van der Waals surface area contributed by atoms with Gasteiger partial charge in [-0.3, -0.25) is 0 Å². The number of aromatic amines is 1. The summed E-state index contributed by atoms with van der Waals surface area (Å²) in [6.45, 7) is 2.21. The van der Waals surface area contributed by atoms with Crippen LogP contribution < -0.4 is 6.15 Å². The van der Waals surface area contributed by atoms with E-state index < -0.39 is 0 Å². The van der Waals surface area contributed by atoms with Gasteiger partial charge in [-0.25, -0.2) is 0 Å². The maximum absolute atomic E-state index is 3.38. The zero-order valence-corrected chi connectivity index (χ0v) is 13.5. The first-order valence-corrected chi connectivity index (χ1v) is 7.90. The monoisotopic (exact) mass is 368 g/mol. The van der Waals surface area contributed by atoms with Crippen LogP contribution in [0.5, 0.6) is 0 Å². The quantitative estimate of drug-likeness (QED) is 0.442. The molecule has 3 rings (SSSR count). The van der Waals surface area contributed by atoms with Gasteiger partial charge < -0.3 is 11.1 Å². The van der Waals surface area contributed by atoms with Crippen LogP contribution in [0.15, 0.2) is 48.5 Å². The molecule has 0 saturated heterocycles. The lowest BCUT2D eigenvalue weighted by molar-refractivity contribution is 0.907. The summed E-state index contributed by atoms with van der Waals surface area (Å²) in [6, 6.07) is 16.8. The van der Waals surface area contributed by atoms with Crippen LogP contribution in [-0.2, 0) is 0 Å². The van der Waals surface area contributed by atoms with Gasteiger partial charge in [-0.2, -0.15) is 0 Å². The minimum atomic E-state index is 0. The first-order chi connectivity index (χ1) is 8.86. The van der Waals surface area contributed by atoms with Crippen molar-refractivity contribution in [2.45, 2.75) is 19.8 Å². The van der Waals surface area contributed by atoms with E-state index in [9.17, 15) is 0 Å². The van der Waals surface area contributed by atoms with Crippen molar-refractivity contribution in [2.24, 2.45) is 0 Å². The number of alkyl halides is 1. The van der Waals surface area contributed by atoms with E-state index in [2.05, 4.69) is 83.0 Å². The Morgan fingerprint density at radius 2 is 1.37 bits per heavy atom. The van der Waals surface area contributed by atoms with Gasteiger partial charge in [0, 0.05) is 21.8 Å². The second-order valence-corrected chi connectivity index (χ2v) is 5.34. The third kappa shape index (κ3) is 3.94. The molecule has 0 bridgehead atoms. The Bertz CT molecular complexity index is 564. The molecule has 0 aliphatic carbocycles. The second-order valence-electron chi connectivity index (χ2n) is 4.26. The van der Waals surface area contributed by atoms with E-state index in [1.165, 1.54) is 39.1 Å². The largest absolute Gasteiger partial charge is 0.355 e. The molecule has 3 aromatic rings. The number of hydrogen-bond donors (Lipinski definition) is 2. The van der Waals surface area contributed by atoms with Gasteiger partial charge in [-0.05, 0) is 23.0 Å². The molecular formula is C16H21IN2. The van der Waals surface area contributed by atoms with Crippen LogP contribution in [0.25, 0.3) is 21.8 Å². The second kappa shape index (κ2) is 8.17. The summed E-state index contributed by atoms with van der Waals surface area (Å²) in [5.74, 6) is 0. The number of fused-ring (bicyclic) bond motifs is 3. The standard InChI is InChI=1S/C12H9N.C4H9I.H3N/c1-3-7-11-9(5-1)10-6-2-4-8-12(10)13-11;1-2-3-4-5;/h1-8,13H;2-4H2,1H3;1H3. The highest BCUT2D eigenvalue weighted by Gasteiger charge is 2.00. The van der Waals surface area contributed by atoms with Crippen LogP contribution in [0, 0.1) is 0 Å². The summed E-state index contributed by atoms with van der Waals surface area (Å²) in [5, 5.41) is 2.61. The Kier molecular flexibility index (Phi) is 6.87. The molecule has 0 fully saturated rings. The molecular weight excluding hydrogens is 347 g/mol. The Morgan fingerprint density at radius 1 is 0.895 bits per heavy atom. The minimum Gasteiger partial charge on any atom is -0.355 e. The molecule has 0 radical (unpaired) electrons. The summed E-state index contributed by atoms with van der Waals surface area (Å²) in [5.41, 5.74) is 2.42. The van der Waals surface area contributed by atoms with E-state index in [1.807, 2.05) is 0 Å². The van der Waals surface area contributed by atoms with Crippen molar-refractivity contribution in [1.82, 2.24) is 11.1 Å². The van der Waals surface area contributed by atoms with Crippen LogP contribution in [0.1, 0.15) is 19.8 Å². The van der Waals surface area contributed by atoms with E-state index in [4.69, 9.17) is 0 Å². The molecule has 0 unspecified atom stereocenters. The van der Waals surface area contributed by atoms with Crippen molar-refractivity contribution in [3.63, 3.8) is 0 Å². The predicted octanol–water partition coefficient (Wildman–Crippen LogP) is 5.70. The molecule has 0 amide bonds. The van der Waals surface area contributed by atoms with Gasteiger partial charge in [0.05, 0.1) is 0 Å². The van der Waals surface area contributed by atoms with Crippen molar-refractivity contribution in [3.8, 4) is 0 Å². The highest BCUT2D eigenvalue weighted by Crippen LogP contribution is 2.24. The summed E-state index contributed by atoms with van der Waals surface area (Å²) < 4.78 is 1.31. The van der Waals surface area contributed by atoms with Crippen LogP contribution in [0.2, 0.25) is 0 Å². The number of unbranched alkanes of at least 4 members (excludes halogenated alkanes) is 1. The van der Waals surface area contributed by atoms with Crippen molar-refractivity contribution in [2.75, 3.05) is 4.43 Å². The van der Waals surface area contributed by atoms with Crippen molar-refractivity contribution in [1.29, 1.82) is 0 Å². The number of para-hydroxylation sites is 2. The average Bonchev–Trinajstić information content (AvgIpc) is 2.79. The zero-order valence-electron chi connectivity index (χ0n) is 11.3. The number of halogens is 1. The first kappa shape index (κ1) is 16.0. The molecule has 0 atom stereocenters. The van der Waals surface area contributed by atoms with Gasteiger partial charge in [0.2, 0.25) is 0 Å². The molecule has 2 aromatic carbocycles. The van der Waals surface area contributed by atoms with Crippen molar-refractivity contribution < 1.29 is 0 Å². The highest BCUT2D eigenvalue weighted by molar-refractivity contribution is 14.1. The van der Waals surface area contributed by atoms with Gasteiger partial charge in [0.1, 0.15) is 0 Å². The molecule has 19 heavy (non-hydrogen) atoms. The van der Waals surface area contributed by atoms with E-state index in [1.54, 1.807) is 0 Å². The third-order valence-corrected chi connectivity index (χ3v) is 3.66. The number of hydrogen-bond acceptors (Lipinski definition) is 1. The van der Waals surface area contributed by atoms with Gasteiger partial charge in [-0.15, -0.1) is 0 Å².